The second-order valence-corrected chi connectivity index (χ2v) is 6.69. The first-order valence-corrected chi connectivity index (χ1v) is 9.05. The maximum Gasteiger partial charge on any atom is 0.337 e. The van der Waals surface area contributed by atoms with Crippen molar-refractivity contribution in [1.82, 2.24) is 0 Å². The summed E-state index contributed by atoms with van der Waals surface area (Å²) < 4.78 is 4.69. The van der Waals surface area contributed by atoms with Gasteiger partial charge in [-0.15, -0.1) is 0 Å². The standard InChI is InChI=1S/C23H22O4/c1-27-22(26)18-14-12-17(13-15-18)7-6-16-23(19-8-3-2-4-9-19)20(24)10-5-11-21(23)25/h2-4,6-9,12-15H,5,10-11,16H2,1H3/b7-6+. The zero-order valence-electron chi connectivity index (χ0n) is 15.3. The van der Waals surface area contributed by atoms with Gasteiger partial charge in [-0.2, -0.15) is 0 Å². The summed E-state index contributed by atoms with van der Waals surface area (Å²) in [5.41, 5.74) is 1.06. The third kappa shape index (κ3) is 3.75. The average Bonchev–Trinajstić information content (AvgIpc) is 2.71. The van der Waals surface area contributed by atoms with Crippen LogP contribution >= 0.6 is 0 Å². The van der Waals surface area contributed by atoms with Crippen LogP contribution in [0, 0.1) is 0 Å². The van der Waals surface area contributed by atoms with Crippen LogP contribution in [-0.2, 0) is 19.7 Å². The van der Waals surface area contributed by atoms with Crippen molar-refractivity contribution in [3.63, 3.8) is 0 Å². The topological polar surface area (TPSA) is 60.4 Å². The number of rotatable bonds is 5. The van der Waals surface area contributed by atoms with E-state index in [1.165, 1.54) is 7.11 Å². The molecule has 0 saturated heterocycles. The van der Waals surface area contributed by atoms with Gasteiger partial charge in [0.1, 0.15) is 5.41 Å². The summed E-state index contributed by atoms with van der Waals surface area (Å²) in [5.74, 6) is -0.391. The molecule has 0 heterocycles. The Balaban J connectivity index is 1.85. The maximum atomic E-state index is 12.8. The molecule has 2 aromatic carbocycles. The fraction of sp³-hybridized carbons (Fsp3) is 0.261. The Labute approximate surface area is 158 Å². The highest BCUT2D eigenvalue weighted by atomic mass is 16.5. The van der Waals surface area contributed by atoms with Crippen molar-refractivity contribution in [2.75, 3.05) is 7.11 Å². The van der Waals surface area contributed by atoms with Gasteiger partial charge in [-0.1, -0.05) is 54.6 Å². The molecule has 1 aliphatic rings. The van der Waals surface area contributed by atoms with E-state index in [4.69, 9.17) is 4.74 Å². The van der Waals surface area contributed by atoms with Gasteiger partial charge in [0.05, 0.1) is 12.7 Å². The Hall–Kier alpha value is -3.01. The van der Waals surface area contributed by atoms with Crippen molar-refractivity contribution in [2.24, 2.45) is 0 Å². The summed E-state index contributed by atoms with van der Waals surface area (Å²) in [7, 11) is 1.34. The molecule has 1 aliphatic carbocycles. The summed E-state index contributed by atoms with van der Waals surface area (Å²) in [6, 6.07) is 16.3. The minimum atomic E-state index is -1.08. The lowest BCUT2D eigenvalue weighted by molar-refractivity contribution is -0.138. The number of carbonyl (C=O) groups excluding carboxylic acids is 3. The van der Waals surface area contributed by atoms with Crippen LogP contribution in [0.4, 0.5) is 0 Å². The van der Waals surface area contributed by atoms with E-state index in [0.717, 1.165) is 11.1 Å². The second-order valence-electron chi connectivity index (χ2n) is 6.69. The number of hydrogen-bond acceptors (Lipinski definition) is 4. The van der Waals surface area contributed by atoms with Gasteiger partial charge < -0.3 is 4.74 Å². The monoisotopic (exact) mass is 362 g/mol. The molecule has 138 valence electrons. The number of esters is 1. The van der Waals surface area contributed by atoms with Crippen LogP contribution in [0.5, 0.6) is 0 Å². The lowest BCUT2D eigenvalue weighted by atomic mass is 9.65. The van der Waals surface area contributed by atoms with Crippen LogP contribution in [0.1, 0.15) is 47.2 Å². The zero-order chi connectivity index (χ0) is 19.3. The van der Waals surface area contributed by atoms with Gasteiger partial charge in [0, 0.05) is 12.8 Å². The van der Waals surface area contributed by atoms with Crippen LogP contribution in [0.3, 0.4) is 0 Å². The third-order valence-electron chi connectivity index (χ3n) is 5.09. The largest absolute Gasteiger partial charge is 0.465 e. The Morgan fingerprint density at radius 2 is 1.63 bits per heavy atom. The van der Waals surface area contributed by atoms with Crippen molar-refractivity contribution in [1.29, 1.82) is 0 Å². The van der Waals surface area contributed by atoms with E-state index in [-0.39, 0.29) is 17.5 Å². The van der Waals surface area contributed by atoms with Crippen molar-refractivity contribution in [2.45, 2.75) is 31.1 Å². The fourth-order valence-corrected chi connectivity index (χ4v) is 3.60. The molecule has 0 unspecified atom stereocenters. The number of Topliss-reactive ketones (excluding diaryl/α,β-unsaturated/α-hetero) is 2. The molecule has 0 amide bonds. The molecule has 0 bridgehead atoms. The highest BCUT2D eigenvalue weighted by Gasteiger charge is 2.47. The summed E-state index contributed by atoms with van der Waals surface area (Å²) in [6.07, 6.45) is 5.59. The number of ether oxygens (including phenoxy) is 1. The predicted octanol–water partition coefficient (Wildman–Crippen LogP) is 4.14. The molecule has 3 rings (SSSR count). The molecule has 0 radical (unpaired) electrons. The number of allylic oxidation sites excluding steroid dienone is 1. The number of hydrogen-bond donors (Lipinski definition) is 0. The van der Waals surface area contributed by atoms with E-state index < -0.39 is 5.41 Å². The summed E-state index contributed by atoms with van der Waals surface area (Å²) >= 11 is 0. The van der Waals surface area contributed by atoms with Gasteiger partial charge >= 0.3 is 5.97 Å². The van der Waals surface area contributed by atoms with Gasteiger partial charge in [0.15, 0.2) is 11.6 Å². The molecule has 0 spiro atoms. The molecule has 0 aliphatic heterocycles. The van der Waals surface area contributed by atoms with Crippen LogP contribution in [0.15, 0.2) is 60.7 Å². The summed E-state index contributed by atoms with van der Waals surface area (Å²) in [5, 5.41) is 0. The molecule has 0 N–H and O–H groups in total. The van der Waals surface area contributed by atoms with Gasteiger partial charge in [0.2, 0.25) is 0 Å². The molecule has 2 aromatic rings. The van der Waals surface area contributed by atoms with Crippen molar-refractivity contribution in [3.8, 4) is 0 Å². The SMILES string of the molecule is COC(=O)c1ccc(/C=C/CC2(c3ccccc3)C(=O)CCCC2=O)cc1. The summed E-state index contributed by atoms with van der Waals surface area (Å²) in [4.78, 5) is 37.1. The fourth-order valence-electron chi connectivity index (χ4n) is 3.60. The molecule has 27 heavy (non-hydrogen) atoms. The quantitative estimate of drug-likeness (QED) is 0.592. The highest BCUT2D eigenvalue weighted by Crippen LogP contribution is 2.37. The molecule has 0 aromatic heterocycles. The van der Waals surface area contributed by atoms with E-state index in [1.54, 1.807) is 12.1 Å². The molecule has 4 nitrogen and oxygen atoms in total. The Kier molecular flexibility index (Phi) is 5.65. The van der Waals surface area contributed by atoms with Crippen molar-refractivity contribution >= 4 is 23.6 Å². The molecular formula is C23H22O4. The van der Waals surface area contributed by atoms with Crippen molar-refractivity contribution in [3.05, 3.63) is 77.4 Å². The lowest BCUT2D eigenvalue weighted by Gasteiger charge is -2.34. The lowest BCUT2D eigenvalue weighted by Crippen LogP contribution is -2.46. The van der Waals surface area contributed by atoms with Crippen LogP contribution in [-0.4, -0.2) is 24.6 Å². The van der Waals surface area contributed by atoms with Crippen LogP contribution < -0.4 is 0 Å². The molecule has 1 saturated carbocycles. The highest BCUT2D eigenvalue weighted by molar-refractivity contribution is 6.14. The van der Waals surface area contributed by atoms with Gasteiger partial charge in [0.25, 0.3) is 0 Å². The van der Waals surface area contributed by atoms with Gasteiger partial charge in [-0.3, -0.25) is 9.59 Å². The molecule has 1 fully saturated rings. The van der Waals surface area contributed by atoms with E-state index in [1.807, 2.05) is 54.6 Å². The van der Waals surface area contributed by atoms with E-state index in [2.05, 4.69) is 0 Å². The first-order valence-electron chi connectivity index (χ1n) is 9.05. The Morgan fingerprint density at radius 3 is 2.22 bits per heavy atom. The predicted molar refractivity (Wildman–Crippen MR) is 103 cm³/mol. The molecule has 0 atom stereocenters. The normalized spacial score (nSPS) is 16.5. The van der Waals surface area contributed by atoms with Crippen molar-refractivity contribution < 1.29 is 19.1 Å². The minimum absolute atomic E-state index is 0.00404. The van der Waals surface area contributed by atoms with Gasteiger partial charge in [-0.25, -0.2) is 4.79 Å². The maximum absolute atomic E-state index is 12.8. The van der Waals surface area contributed by atoms with E-state index in [0.29, 0.717) is 31.2 Å². The van der Waals surface area contributed by atoms with E-state index >= 15 is 0 Å². The first-order chi connectivity index (χ1) is 13.1. The smallest absolute Gasteiger partial charge is 0.337 e. The molecular weight excluding hydrogens is 340 g/mol. The second kappa shape index (κ2) is 8.12. The van der Waals surface area contributed by atoms with Gasteiger partial charge in [-0.05, 0) is 36.1 Å². The van der Waals surface area contributed by atoms with Crippen LogP contribution in [0.2, 0.25) is 0 Å². The van der Waals surface area contributed by atoms with Crippen LogP contribution in [0.25, 0.3) is 6.08 Å². The number of ketones is 2. The first kappa shape index (κ1) is 18.8. The molecule has 4 heteroatoms. The zero-order valence-corrected chi connectivity index (χ0v) is 15.3. The van der Waals surface area contributed by atoms with E-state index in [9.17, 15) is 14.4 Å². The Bertz CT molecular complexity index is 847. The number of methoxy groups -OCH3 is 1. The minimum Gasteiger partial charge on any atom is -0.465 e. The Morgan fingerprint density at radius 1 is 1.00 bits per heavy atom. The average molecular weight is 362 g/mol. The number of benzene rings is 2. The third-order valence-corrected chi connectivity index (χ3v) is 5.09. The number of carbonyl (C=O) groups is 3. The summed E-state index contributed by atoms with van der Waals surface area (Å²) in [6.45, 7) is 0.